The topological polar surface area (TPSA) is 103 Å². The summed E-state index contributed by atoms with van der Waals surface area (Å²) in [5.74, 6) is 1.15. The molecule has 0 aliphatic heterocycles. The fraction of sp³-hybridized carbons (Fsp3) is 0.273. The van der Waals surface area contributed by atoms with E-state index >= 15 is 0 Å². The summed E-state index contributed by atoms with van der Waals surface area (Å²) < 4.78 is 11.0. The molecule has 0 radical (unpaired) electrons. The van der Waals surface area contributed by atoms with Gasteiger partial charge in [0.25, 0.3) is 11.6 Å². The Morgan fingerprint density at radius 1 is 1.23 bits per heavy atom. The molecule has 0 heterocycles. The molecule has 0 unspecified atom stereocenters. The number of hydrogen-bond acceptors (Lipinski definition) is 6. The lowest BCUT2D eigenvalue weighted by atomic mass is 10.1. The second-order valence-corrected chi connectivity index (χ2v) is 6.79. The summed E-state index contributed by atoms with van der Waals surface area (Å²) in [6.07, 6.45) is 5.31. The van der Waals surface area contributed by atoms with Crippen molar-refractivity contribution in [3.05, 3.63) is 69.8 Å². The number of amides is 1. The van der Waals surface area contributed by atoms with Crippen LogP contribution in [0.3, 0.4) is 0 Å². The first-order valence-electron chi connectivity index (χ1n) is 9.46. The van der Waals surface area contributed by atoms with Crippen molar-refractivity contribution in [2.45, 2.75) is 20.3 Å². The maximum Gasteiger partial charge on any atom is 0.276 e. The summed E-state index contributed by atoms with van der Waals surface area (Å²) in [5, 5.41) is 14.8. The Balaban J connectivity index is 1.96. The van der Waals surface area contributed by atoms with Gasteiger partial charge in [0, 0.05) is 17.8 Å². The third-order valence-electron chi connectivity index (χ3n) is 4.11. The zero-order valence-corrected chi connectivity index (χ0v) is 17.2. The van der Waals surface area contributed by atoms with E-state index in [9.17, 15) is 14.9 Å². The first kappa shape index (κ1) is 22.6. The van der Waals surface area contributed by atoms with Gasteiger partial charge in [-0.25, -0.2) is 5.43 Å². The highest BCUT2D eigenvalue weighted by atomic mass is 16.6. The molecule has 8 nitrogen and oxygen atoms in total. The molecule has 0 fully saturated rings. The average molecular weight is 411 g/mol. The van der Waals surface area contributed by atoms with Crippen LogP contribution in [-0.4, -0.2) is 30.8 Å². The van der Waals surface area contributed by atoms with Crippen molar-refractivity contribution in [2.75, 3.05) is 13.7 Å². The lowest BCUT2D eigenvalue weighted by Crippen LogP contribution is -2.17. The molecule has 2 rings (SSSR count). The highest BCUT2D eigenvalue weighted by Crippen LogP contribution is 2.28. The van der Waals surface area contributed by atoms with E-state index in [-0.39, 0.29) is 5.69 Å². The van der Waals surface area contributed by atoms with Gasteiger partial charge in [0.15, 0.2) is 11.5 Å². The lowest BCUT2D eigenvalue weighted by Gasteiger charge is -2.12. The number of allylic oxidation sites excluding steroid dienone is 1. The largest absolute Gasteiger partial charge is 0.493 e. The van der Waals surface area contributed by atoms with Gasteiger partial charge in [0.05, 0.1) is 24.2 Å². The number of carbonyl (C=O) groups excluding carboxylic acids is 1. The summed E-state index contributed by atoms with van der Waals surface area (Å²) in [6.45, 7) is 4.80. The molecule has 0 aliphatic rings. The van der Waals surface area contributed by atoms with Gasteiger partial charge >= 0.3 is 0 Å². The van der Waals surface area contributed by atoms with Crippen molar-refractivity contribution in [3.63, 3.8) is 0 Å². The maximum absolute atomic E-state index is 12.3. The van der Waals surface area contributed by atoms with Crippen LogP contribution in [0.15, 0.2) is 53.6 Å². The van der Waals surface area contributed by atoms with Gasteiger partial charge in [-0.2, -0.15) is 5.10 Å². The monoisotopic (exact) mass is 411 g/mol. The Hall–Kier alpha value is -3.68. The van der Waals surface area contributed by atoms with Crippen LogP contribution in [0.5, 0.6) is 11.5 Å². The minimum atomic E-state index is -0.456. The fourth-order valence-corrected chi connectivity index (χ4v) is 2.48. The number of methoxy groups -OCH3 is 1. The first-order chi connectivity index (χ1) is 14.4. The molecular formula is C22H25N3O5. The van der Waals surface area contributed by atoms with E-state index in [0.29, 0.717) is 35.2 Å². The quantitative estimate of drug-likeness (QED) is 0.353. The number of benzene rings is 2. The van der Waals surface area contributed by atoms with E-state index in [1.54, 1.807) is 42.5 Å². The molecule has 0 aliphatic carbocycles. The number of carbonyl (C=O) groups is 1. The molecule has 0 spiro atoms. The first-order valence-corrected chi connectivity index (χ1v) is 9.46. The summed E-state index contributed by atoms with van der Waals surface area (Å²) in [5.41, 5.74) is 3.20. The summed E-state index contributed by atoms with van der Waals surface area (Å²) in [6, 6.07) is 11.2. The van der Waals surface area contributed by atoms with Crippen molar-refractivity contribution < 1.29 is 19.2 Å². The van der Waals surface area contributed by atoms with E-state index in [0.717, 1.165) is 6.42 Å². The van der Waals surface area contributed by atoms with Crippen LogP contribution in [0.25, 0.3) is 6.08 Å². The van der Waals surface area contributed by atoms with Gasteiger partial charge in [-0.15, -0.1) is 0 Å². The molecular weight excluding hydrogens is 386 g/mol. The van der Waals surface area contributed by atoms with Gasteiger partial charge in [-0.05, 0) is 48.8 Å². The van der Waals surface area contributed by atoms with Crippen LogP contribution < -0.4 is 14.9 Å². The number of ether oxygens (including phenoxy) is 2. The molecule has 2 aromatic carbocycles. The number of nitro groups is 1. The molecule has 158 valence electrons. The molecule has 1 N–H and O–H groups in total. The van der Waals surface area contributed by atoms with E-state index in [1.807, 2.05) is 0 Å². The SMILES string of the molecule is COc1cc(C(=O)N/N=C/C=C/c2ccccc2[N+](=O)[O-])ccc1OCCC(C)C. The van der Waals surface area contributed by atoms with Crippen molar-refractivity contribution in [1.82, 2.24) is 5.43 Å². The van der Waals surface area contributed by atoms with Gasteiger partial charge < -0.3 is 9.47 Å². The van der Waals surface area contributed by atoms with Crippen molar-refractivity contribution in [1.29, 1.82) is 0 Å². The van der Waals surface area contributed by atoms with Crippen LogP contribution in [0, 0.1) is 16.0 Å². The predicted molar refractivity (Wildman–Crippen MR) is 116 cm³/mol. The average Bonchev–Trinajstić information content (AvgIpc) is 2.73. The molecule has 0 aromatic heterocycles. The van der Waals surface area contributed by atoms with Crippen molar-refractivity contribution >= 4 is 23.9 Å². The van der Waals surface area contributed by atoms with Crippen molar-refractivity contribution in [2.24, 2.45) is 11.0 Å². The van der Waals surface area contributed by atoms with Gasteiger partial charge in [0.1, 0.15) is 0 Å². The van der Waals surface area contributed by atoms with Crippen LogP contribution >= 0.6 is 0 Å². The number of hydrogen-bond donors (Lipinski definition) is 1. The normalized spacial score (nSPS) is 11.2. The summed E-state index contributed by atoms with van der Waals surface area (Å²) >= 11 is 0. The van der Waals surface area contributed by atoms with Crippen LogP contribution in [-0.2, 0) is 0 Å². The number of rotatable bonds is 10. The van der Waals surface area contributed by atoms with E-state index in [1.165, 1.54) is 25.5 Å². The highest BCUT2D eigenvalue weighted by molar-refractivity contribution is 5.95. The second-order valence-electron chi connectivity index (χ2n) is 6.79. The molecule has 0 saturated carbocycles. The van der Waals surface area contributed by atoms with Crippen LogP contribution in [0.2, 0.25) is 0 Å². The molecule has 0 bridgehead atoms. The van der Waals surface area contributed by atoms with Gasteiger partial charge in [-0.1, -0.05) is 26.0 Å². The number of nitrogens with zero attached hydrogens (tertiary/aromatic N) is 2. The maximum atomic E-state index is 12.3. The molecule has 2 aromatic rings. The zero-order valence-electron chi connectivity index (χ0n) is 17.2. The Morgan fingerprint density at radius 2 is 2.00 bits per heavy atom. The molecule has 1 amide bonds. The number of nitrogens with one attached hydrogen (secondary N) is 1. The highest BCUT2D eigenvalue weighted by Gasteiger charge is 2.11. The molecule has 30 heavy (non-hydrogen) atoms. The van der Waals surface area contributed by atoms with Crippen LogP contribution in [0.4, 0.5) is 5.69 Å². The Bertz CT molecular complexity index is 938. The minimum Gasteiger partial charge on any atom is -0.493 e. The van der Waals surface area contributed by atoms with Gasteiger partial charge in [-0.3, -0.25) is 14.9 Å². The molecule has 0 atom stereocenters. The summed E-state index contributed by atoms with van der Waals surface area (Å²) in [4.78, 5) is 22.8. The molecule has 8 heteroatoms. The number of hydrazone groups is 1. The van der Waals surface area contributed by atoms with E-state index in [2.05, 4.69) is 24.4 Å². The predicted octanol–water partition coefficient (Wildman–Crippen LogP) is 4.46. The Labute approximate surface area is 175 Å². The Kier molecular flexibility index (Phi) is 8.56. The third kappa shape index (κ3) is 6.73. The van der Waals surface area contributed by atoms with E-state index < -0.39 is 10.8 Å². The summed E-state index contributed by atoms with van der Waals surface area (Å²) in [7, 11) is 1.51. The number of nitro benzene ring substituents is 1. The lowest BCUT2D eigenvalue weighted by molar-refractivity contribution is -0.385. The van der Waals surface area contributed by atoms with E-state index in [4.69, 9.17) is 9.47 Å². The Morgan fingerprint density at radius 3 is 2.70 bits per heavy atom. The third-order valence-corrected chi connectivity index (χ3v) is 4.11. The van der Waals surface area contributed by atoms with Gasteiger partial charge in [0.2, 0.25) is 0 Å². The minimum absolute atomic E-state index is 0.00557. The smallest absolute Gasteiger partial charge is 0.276 e. The standard InChI is InChI=1S/C22H25N3O5/c1-16(2)12-14-30-20-11-10-18(15-21(20)29-3)22(26)24-23-13-6-8-17-7-4-5-9-19(17)25(27)28/h4-11,13,15-16H,12,14H2,1-3H3,(H,24,26)/b8-6+,23-13+. The second kappa shape index (κ2) is 11.4. The molecule has 0 saturated heterocycles. The fourth-order valence-electron chi connectivity index (χ4n) is 2.48. The zero-order chi connectivity index (χ0) is 21.9. The van der Waals surface area contributed by atoms with Crippen molar-refractivity contribution in [3.8, 4) is 11.5 Å². The van der Waals surface area contributed by atoms with Crippen LogP contribution in [0.1, 0.15) is 36.2 Å². The number of para-hydroxylation sites is 1.